The summed E-state index contributed by atoms with van der Waals surface area (Å²) < 4.78 is 60.6. The molecule has 2 aliphatic rings. The first-order valence-electron chi connectivity index (χ1n) is 10.2. The van der Waals surface area contributed by atoms with E-state index in [-0.39, 0.29) is 53.0 Å². The minimum Gasteiger partial charge on any atom is -0.317 e. The molecule has 0 unspecified atom stereocenters. The Balaban J connectivity index is 0.00000280. The summed E-state index contributed by atoms with van der Waals surface area (Å²) in [5.74, 6) is -1.07. The van der Waals surface area contributed by atoms with Gasteiger partial charge in [0.2, 0.25) is 0 Å². The van der Waals surface area contributed by atoms with Crippen molar-refractivity contribution in [3.63, 3.8) is 0 Å². The first-order valence-corrected chi connectivity index (χ1v) is 10.2. The molecule has 0 spiro atoms. The van der Waals surface area contributed by atoms with Crippen molar-refractivity contribution < 1.29 is 69.2 Å². The van der Waals surface area contributed by atoms with Gasteiger partial charge in [0.15, 0.2) is 0 Å². The van der Waals surface area contributed by atoms with Gasteiger partial charge in [0.1, 0.15) is 0 Å². The van der Waals surface area contributed by atoms with Gasteiger partial charge in [0, 0.05) is 58.6 Å². The number of halogens is 4. The molecule has 0 N–H and O–H groups in total. The monoisotopic (exact) mass is 559 g/mol. The second-order valence-corrected chi connectivity index (χ2v) is 8.50. The molecule has 1 aromatic carbocycles. The molecule has 2 fully saturated rings. The van der Waals surface area contributed by atoms with E-state index in [0.29, 0.717) is 49.5 Å². The van der Waals surface area contributed by atoms with Gasteiger partial charge in [-0.2, -0.15) is 14.3 Å². The van der Waals surface area contributed by atoms with Crippen molar-refractivity contribution in [1.29, 1.82) is 0 Å². The van der Waals surface area contributed by atoms with Crippen molar-refractivity contribution in [3.8, 4) is 0 Å². The van der Waals surface area contributed by atoms with E-state index in [9.17, 15) is 17.6 Å². The Morgan fingerprint density at radius 3 is 2.11 bits per heavy atom. The van der Waals surface area contributed by atoms with Crippen LogP contribution in [0.1, 0.15) is 70.3 Å². The topological polar surface area (TPSA) is 9.23 Å². The Hall–Kier alpha value is 0.419. The third-order valence-corrected chi connectivity index (χ3v) is 6.31. The number of rotatable bonds is 6. The van der Waals surface area contributed by atoms with Crippen LogP contribution in [0.15, 0.2) is 12.1 Å². The Morgan fingerprint density at radius 1 is 0.964 bits per heavy atom. The zero-order valence-electron chi connectivity index (χ0n) is 16.2. The van der Waals surface area contributed by atoms with Crippen molar-refractivity contribution in [2.75, 3.05) is 0 Å². The average molecular weight is 559 g/mol. The van der Waals surface area contributed by atoms with Crippen LogP contribution in [0.4, 0.5) is 17.6 Å². The van der Waals surface area contributed by atoms with Gasteiger partial charge in [-0.15, -0.1) is 18.2 Å². The van der Waals surface area contributed by atoms with Crippen molar-refractivity contribution in [1.82, 2.24) is 0 Å². The van der Waals surface area contributed by atoms with Crippen molar-refractivity contribution >= 4 is 0 Å². The van der Waals surface area contributed by atoms with Crippen LogP contribution >= 0.6 is 0 Å². The van der Waals surface area contributed by atoms with E-state index in [2.05, 4.69) is 6.92 Å². The van der Waals surface area contributed by atoms with Crippen LogP contribution in [0, 0.1) is 82.4 Å². The Morgan fingerprint density at radius 2 is 1.54 bits per heavy atom. The van der Waals surface area contributed by atoms with Crippen LogP contribution in [0.25, 0.3) is 0 Å². The summed E-state index contributed by atoms with van der Waals surface area (Å²) >= 11 is 0. The fraction of sp³-hybridized carbons (Fsp3) is 0.727. The van der Waals surface area contributed by atoms with Gasteiger partial charge in [-0.05, 0) is 56.8 Å². The standard InChI is InChI=1S/C22H29F4O.Yb/c1-15-2-8-18(9-3-15)22(25,26)27-21-10-6-16(7-11-21)4-5-17-12-19(23)14-20(24)13-17;/h12-13,15-16,18,21H,2-11H2,1H3;/q-1;. The largest absolute Gasteiger partial charge is 0.358 e. The van der Waals surface area contributed by atoms with E-state index in [1.54, 1.807) is 0 Å². The number of aryl methyl sites for hydroxylation is 1. The van der Waals surface area contributed by atoms with E-state index in [1.165, 1.54) is 12.1 Å². The number of benzene rings is 1. The van der Waals surface area contributed by atoms with Gasteiger partial charge in [0.05, 0.1) is 12.0 Å². The first kappa shape index (κ1) is 24.7. The molecule has 0 aliphatic heterocycles. The Labute approximate surface area is 204 Å². The molecule has 28 heavy (non-hydrogen) atoms. The van der Waals surface area contributed by atoms with Crippen molar-refractivity contribution in [3.05, 3.63) is 35.4 Å². The van der Waals surface area contributed by atoms with Crippen LogP contribution in [0.3, 0.4) is 0 Å². The molecule has 0 heterocycles. The molecule has 1 nitrogen and oxygen atoms in total. The normalized spacial score (nSPS) is 28.6. The molecule has 0 saturated heterocycles. The number of hydrogen-bond donors (Lipinski definition) is 0. The predicted molar refractivity (Wildman–Crippen MR) is 96.4 cm³/mol. The smallest absolute Gasteiger partial charge is 0.317 e. The molecule has 2 saturated carbocycles. The van der Waals surface area contributed by atoms with Crippen molar-refractivity contribution in [2.24, 2.45) is 17.8 Å². The fourth-order valence-corrected chi connectivity index (χ4v) is 4.52. The number of alkyl halides is 2. The van der Waals surface area contributed by atoms with Gasteiger partial charge in [-0.1, -0.05) is 26.2 Å². The van der Waals surface area contributed by atoms with Crippen LogP contribution in [-0.2, 0) is 11.2 Å². The van der Waals surface area contributed by atoms with Gasteiger partial charge in [-0.3, -0.25) is 0 Å². The second kappa shape index (κ2) is 11.2. The molecule has 166 valence electrons. The minimum atomic E-state index is -3.02. The summed E-state index contributed by atoms with van der Waals surface area (Å²) in [6, 6.07) is 4.60. The summed E-state index contributed by atoms with van der Waals surface area (Å²) in [7, 11) is 0. The van der Waals surface area contributed by atoms with Gasteiger partial charge < -0.3 is 4.74 Å². The first-order chi connectivity index (χ1) is 12.8. The Bertz CT molecular complexity index is 588. The molecule has 6 heteroatoms. The van der Waals surface area contributed by atoms with E-state index in [1.807, 2.05) is 6.07 Å². The molecular weight excluding hydrogens is 529 g/mol. The quantitative estimate of drug-likeness (QED) is 0.279. The molecular formula is C22H29F4OYb-. The minimum absolute atomic E-state index is 0. The van der Waals surface area contributed by atoms with Crippen molar-refractivity contribution in [2.45, 2.75) is 83.3 Å². The van der Waals surface area contributed by atoms with Gasteiger partial charge >= 0.3 is 6.11 Å². The third-order valence-electron chi connectivity index (χ3n) is 6.31. The van der Waals surface area contributed by atoms with E-state index in [4.69, 9.17) is 4.74 Å². The van der Waals surface area contributed by atoms with Crippen LogP contribution in [-0.4, -0.2) is 12.2 Å². The third kappa shape index (κ3) is 7.28. The molecule has 3 rings (SSSR count). The summed E-state index contributed by atoms with van der Waals surface area (Å²) in [5, 5.41) is 0. The summed E-state index contributed by atoms with van der Waals surface area (Å²) in [6.07, 6.45) is 3.73. The summed E-state index contributed by atoms with van der Waals surface area (Å²) in [4.78, 5) is 0. The summed E-state index contributed by atoms with van der Waals surface area (Å²) in [5.41, 5.74) is 0.625. The zero-order valence-corrected chi connectivity index (χ0v) is 17.9. The second-order valence-electron chi connectivity index (χ2n) is 8.50. The zero-order chi connectivity index (χ0) is 19.4. The van der Waals surface area contributed by atoms with E-state index < -0.39 is 23.7 Å². The number of ether oxygens (including phenoxy) is 1. The maximum absolute atomic E-state index is 14.5. The SMILES string of the molecule is CC1CCC(C(F)(F)OC2CCC(CCc3cc(F)[c-]c(F)c3)CC2)CC1.[Yb]. The molecule has 0 atom stereocenters. The predicted octanol–water partition coefficient (Wildman–Crippen LogP) is 6.69. The molecule has 2 aliphatic carbocycles. The molecule has 0 radical (unpaired) electrons. The number of hydrogen-bond acceptors (Lipinski definition) is 1. The molecule has 0 bridgehead atoms. The Kier molecular flexibility index (Phi) is 9.84. The van der Waals surface area contributed by atoms with Gasteiger partial charge in [-0.25, -0.2) is 8.78 Å². The molecule has 0 amide bonds. The maximum atomic E-state index is 14.5. The summed E-state index contributed by atoms with van der Waals surface area (Å²) in [6.45, 7) is 2.12. The van der Waals surface area contributed by atoms with Crippen LogP contribution in [0.2, 0.25) is 0 Å². The van der Waals surface area contributed by atoms with Crippen LogP contribution in [0.5, 0.6) is 0 Å². The maximum Gasteiger partial charge on any atom is 0.358 e. The van der Waals surface area contributed by atoms with E-state index >= 15 is 0 Å². The molecule has 0 aromatic heterocycles. The van der Waals surface area contributed by atoms with Gasteiger partial charge in [0.25, 0.3) is 0 Å². The van der Waals surface area contributed by atoms with E-state index in [0.717, 1.165) is 32.1 Å². The average Bonchev–Trinajstić information content (AvgIpc) is 2.60. The van der Waals surface area contributed by atoms with Crippen LogP contribution < -0.4 is 0 Å². The molecule has 1 aromatic rings. The fourth-order valence-electron chi connectivity index (χ4n) is 4.52.